The van der Waals surface area contributed by atoms with Gasteiger partial charge in [0, 0.05) is 37.8 Å². The molecule has 0 bridgehead atoms. The molecule has 0 spiro atoms. The highest BCUT2D eigenvalue weighted by Gasteiger charge is 2.20. The standard InChI is InChI=1S/C11H15N3O2/c1-16-11-3-2-8(6-14-11)5-12-9-4-10(15)13-7-9/h2-3,6,9,12H,4-5,7H2,1H3,(H,13,15). The fourth-order valence-electron chi connectivity index (χ4n) is 1.65. The molecular formula is C11H15N3O2. The molecule has 1 aromatic rings. The normalized spacial score (nSPS) is 19.6. The molecule has 2 rings (SSSR count). The molecule has 1 unspecified atom stereocenters. The summed E-state index contributed by atoms with van der Waals surface area (Å²) in [5.41, 5.74) is 1.08. The van der Waals surface area contributed by atoms with Crippen molar-refractivity contribution in [3.63, 3.8) is 0 Å². The predicted octanol–water partition coefficient (Wildman–Crippen LogP) is 0.0683. The summed E-state index contributed by atoms with van der Waals surface area (Å²) in [6.45, 7) is 1.43. The van der Waals surface area contributed by atoms with Crippen LogP contribution in [-0.2, 0) is 11.3 Å². The van der Waals surface area contributed by atoms with E-state index in [9.17, 15) is 4.79 Å². The summed E-state index contributed by atoms with van der Waals surface area (Å²) in [6.07, 6.45) is 2.33. The largest absolute Gasteiger partial charge is 0.481 e. The van der Waals surface area contributed by atoms with E-state index >= 15 is 0 Å². The number of amides is 1. The van der Waals surface area contributed by atoms with Crippen molar-refractivity contribution in [2.45, 2.75) is 19.0 Å². The van der Waals surface area contributed by atoms with E-state index in [0.29, 0.717) is 18.8 Å². The van der Waals surface area contributed by atoms with Crippen LogP contribution in [0.2, 0.25) is 0 Å². The molecule has 86 valence electrons. The molecule has 16 heavy (non-hydrogen) atoms. The van der Waals surface area contributed by atoms with Crippen LogP contribution in [0, 0.1) is 0 Å². The Morgan fingerprint density at radius 2 is 2.50 bits per heavy atom. The Bertz CT molecular complexity index is 364. The van der Waals surface area contributed by atoms with Gasteiger partial charge in [0.1, 0.15) is 0 Å². The smallest absolute Gasteiger partial charge is 0.221 e. The van der Waals surface area contributed by atoms with Gasteiger partial charge in [-0.1, -0.05) is 6.07 Å². The zero-order chi connectivity index (χ0) is 11.4. The molecule has 5 nitrogen and oxygen atoms in total. The number of ether oxygens (including phenoxy) is 1. The van der Waals surface area contributed by atoms with Gasteiger partial charge >= 0.3 is 0 Å². The molecule has 5 heteroatoms. The van der Waals surface area contributed by atoms with Crippen molar-refractivity contribution < 1.29 is 9.53 Å². The highest BCUT2D eigenvalue weighted by atomic mass is 16.5. The molecular weight excluding hydrogens is 206 g/mol. The molecule has 0 saturated carbocycles. The van der Waals surface area contributed by atoms with Crippen LogP contribution in [0.25, 0.3) is 0 Å². The number of hydrogen-bond acceptors (Lipinski definition) is 4. The number of nitrogens with one attached hydrogen (secondary N) is 2. The second-order valence-electron chi connectivity index (χ2n) is 3.79. The first kappa shape index (κ1) is 10.9. The van der Waals surface area contributed by atoms with Crippen molar-refractivity contribution in [2.24, 2.45) is 0 Å². The molecule has 0 aliphatic carbocycles. The van der Waals surface area contributed by atoms with Crippen LogP contribution in [0.5, 0.6) is 5.88 Å². The van der Waals surface area contributed by atoms with Crippen molar-refractivity contribution in [3.8, 4) is 5.88 Å². The molecule has 1 aromatic heterocycles. The van der Waals surface area contributed by atoms with E-state index in [1.165, 1.54) is 0 Å². The zero-order valence-electron chi connectivity index (χ0n) is 9.19. The summed E-state index contributed by atoms with van der Waals surface area (Å²) in [7, 11) is 1.59. The summed E-state index contributed by atoms with van der Waals surface area (Å²) in [5.74, 6) is 0.729. The molecule has 2 N–H and O–H groups in total. The number of pyridine rings is 1. The number of carbonyl (C=O) groups is 1. The number of aromatic nitrogens is 1. The Morgan fingerprint density at radius 1 is 1.62 bits per heavy atom. The van der Waals surface area contributed by atoms with E-state index in [0.717, 1.165) is 12.1 Å². The lowest BCUT2D eigenvalue weighted by atomic mass is 10.2. The van der Waals surface area contributed by atoms with Crippen LogP contribution in [0.1, 0.15) is 12.0 Å². The maximum absolute atomic E-state index is 11.0. The van der Waals surface area contributed by atoms with Crippen LogP contribution in [0.4, 0.5) is 0 Å². The molecule has 0 radical (unpaired) electrons. The summed E-state index contributed by atoms with van der Waals surface area (Å²) in [4.78, 5) is 15.1. The average molecular weight is 221 g/mol. The lowest BCUT2D eigenvalue weighted by Crippen LogP contribution is -2.30. The van der Waals surface area contributed by atoms with Gasteiger partial charge in [-0.15, -0.1) is 0 Å². The van der Waals surface area contributed by atoms with E-state index in [-0.39, 0.29) is 11.9 Å². The second kappa shape index (κ2) is 4.94. The Labute approximate surface area is 94.2 Å². The Morgan fingerprint density at radius 3 is 3.06 bits per heavy atom. The van der Waals surface area contributed by atoms with E-state index in [4.69, 9.17) is 4.74 Å². The lowest BCUT2D eigenvalue weighted by Gasteiger charge is -2.09. The van der Waals surface area contributed by atoms with Crippen molar-refractivity contribution >= 4 is 5.91 Å². The Balaban J connectivity index is 1.82. The molecule has 1 atom stereocenters. The fourth-order valence-corrected chi connectivity index (χ4v) is 1.65. The van der Waals surface area contributed by atoms with Gasteiger partial charge in [0.25, 0.3) is 0 Å². The van der Waals surface area contributed by atoms with Crippen LogP contribution < -0.4 is 15.4 Å². The van der Waals surface area contributed by atoms with Gasteiger partial charge in [-0.25, -0.2) is 4.98 Å². The maximum atomic E-state index is 11.0. The van der Waals surface area contributed by atoms with E-state index in [1.807, 2.05) is 12.1 Å². The van der Waals surface area contributed by atoms with E-state index < -0.39 is 0 Å². The van der Waals surface area contributed by atoms with Crippen molar-refractivity contribution in [2.75, 3.05) is 13.7 Å². The average Bonchev–Trinajstić information content (AvgIpc) is 2.73. The molecule has 1 fully saturated rings. The van der Waals surface area contributed by atoms with Gasteiger partial charge in [-0.3, -0.25) is 4.79 Å². The number of hydrogen-bond donors (Lipinski definition) is 2. The fraction of sp³-hybridized carbons (Fsp3) is 0.455. The van der Waals surface area contributed by atoms with Gasteiger partial charge in [0.2, 0.25) is 11.8 Å². The monoisotopic (exact) mass is 221 g/mol. The highest BCUT2D eigenvalue weighted by Crippen LogP contribution is 2.07. The number of nitrogens with zero attached hydrogens (tertiary/aromatic N) is 1. The second-order valence-corrected chi connectivity index (χ2v) is 3.79. The number of methoxy groups -OCH3 is 1. The Hall–Kier alpha value is -1.62. The highest BCUT2D eigenvalue weighted by molar-refractivity contribution is 5.78. The van der Waals surface area contributed by atoms with Gasteiger partial charge in [-0.05, 0) is 5.56 Å². The predicted molar refractivity (Wildman–Crippen MR) is 59.0 cm³/mol. The van der Waals surface area contributed by atoms with Crippen molar-refractivity contribution in [3.05, 3.63) is 23.9 Å². The van der Waals surface area contributed by atoms with E-state index in [2.05, 4.69) is 15.6 Å². The van der Waals surface area contributed by atoms with Gasteiger partial charge < -0.3 is 15.4 Å². The molecule has 1 amide bonds. The third-order valence-electron chi connectivity index (χ3n) is 2.58. The SMILES string of the molecule is COc1ccc(CNC2CNC(=O)C2)cn1. The van der Waals surface area contributed by atoms with Gasteiger partial charge in [0.05, 0.1) is 7.11 Å². The first-order valence-corrected chi connectivity index (χ1v) is 5.27. The number of carbonyl (C=O) groups excluding carboxylic acids is 1. The number of rotatable bonds is 4. The van der Waals surface area contributed by atoms with Crippen LogP contribution in [-0.4, -0.2) is 30.6 Å². The van der Waals surface area contributed by atoms with Gasteiger partial charge in [-0.2, -0.15) is 0 Å². The maximum Gasteiger partial charge on any atom is 0.221 e. The quantitative estimate of drug-likeness (QED) is 0.755. The third-order valence-corrected chi connectivity index (χ3v) is 2.58. The first-order valence-electron chi connectivity index (χ1n) is 5.27. The summed E-state index contributed by atoms with van der Waals surface area (Å²) >= 11 is 0. The van der Waals surface area contributed by atoms with Crippen molar-refractivity contribution in [1.29, 1.82) is 0 Å². The molecule has 1 aliphatic rings. The van der Waals surface area contributed by atoms with E-state index in [1.54, 1.807) is 13.3 Å². The van der Waals surface area contributed by atoms with Crippen LogP contribution in [0.15, 0.2) is 18.3 Å². The third kappa shape index (κ3) is 2.70. The summed E-state index contributed by atoms with van der Waals surface area (Å²) in [5, 5.41) is 6.09. The summed E-state index contributed by atoms with van der Waals surface area (Å²) < 4.78 is 4.97. The zero-order valence-corrected chi connectivity index (χ0v) is 9.19. The lowest BCUT2D eigenvalue weighted by molar-refractivity contribution is -0.119. The minimum absolute atomic E-state index is 0.116. The summed E-state index contributed by atoms with van der Waals surface area (Å²) in [6, 6.07) is 4.02. The van der Waals surface area contributed by atoms with Crippen molar-refractivity contribution in [1.82, 2.24) is 15.6 Å². The molecule has 0 aromatic carbocycles. The Kier molecular flexibility index (Phi) is 3.36. The minimum Gasteiger partial charge on any atom is -0.481 e. The molecule has 1 saturated heterocycles. The minimum atomic E-state index is 0.116. The molecule has 1 aliphatic heterocycles. The first-order chi connectivity index (χ1) is 7.78. The van der Waals surface area contributed by atoms with Crippen LogP contribution in [0.3, 0.4) is 0 Å². The topological polar surface area (TPSA) is 63.2 Å². The molecule has 2 heterocycles. The van der Waals surface area contributed by atoms with Gasteiger partial charge in [0.15, 0.2) is 0 Å². The van der Waals surface area contributed by atoms with Crippen LogP contribution >= 0.6 is 0 Å².